The lowest BCUT2D eigenvalue weighted by Crippen LogP contribution is -2.15. The summed E-state index contributed by atoms with van der Waals surface area (Å²) in [7, 11) is 0. The number of pyridine rings is 1. The summed E-state index contributed by atoms with van der Waals surface area (Å²) in [6.07, 6.45) is 1.63. The Kier molecular flexibility index (Phi) is 4.06. The number of benzene rings is 1. The number of rotatable bonds is 4. The van der Waals surface area contributed by atoms with Crippen LogP contribution >= 0.6 is 12.2 Å². The molecule has 0 saturated heterocycles. The number of aromatic nitrogens is 1. The number of aryl methyl sites for hydroxylation is 1. The maximum atomic E-state index is 13.0. The van der Waals surface area contributed by atoms with Gasteiger partial charge in [0.15, 0.2) is 0 Å². The van der Waals surface area contributed by atoms with Crippen LogP contribution in [-0.4, -0.2) is 9.97 Å². The molecule has 98 valence electrons. The molecule has 0 fully saturated rings. The third-order valence-electron chi connectivity index (χ3n) is 2.64. The number of halogens is 1. The second kappa shape index (κ2) is 5.75. The summed E-state index contributed by atoms with van der Waals surface area (Å²) >= 11 is 4.93. The van der Waals surface area contributed by atoms with Crippen LogP contribution in [-0.2, 0) is 6.61 Å². The molecular formula is C14H13FN2OS. The minimum atomic E-state index is -0.282. The van der Waals surface area contributed by atoms with E-state index < -0.39 is 0 Å². The standard InChI is InChI=1S/C14H13FN2OS/c1-9-7-11(15)4-5-12(9)18-8-10-3-2-6-17-13(10)14(16)19/h2-7H,8H2,1H3,(H2,16,19). The van der Waals surface area contributed by atoms with E-state index in [0.29, 0.717) is 11.4 Å². The van der Waals surface area contributed by atoms with Crippen molar-refractivity contribution < 1.29 is 9.13 Å². The second-order valence-electron chi connectivity index (χ2n) is 4.07. The van der Waals surface area contributed by atoms with Crippen LogP contribution in [0, 0.1) is 12.7 Å². The van der Waals surface area contributed by atoms with Crippen molar-refractivity contribution in [2.24, 2.45) is 5.73 Å². The highest BCUT2D eigenvalue weighted by atomic mass is 32.1. The normalized spacial score (nSPS) is 10.2. The van der Waals surface area contributed by atoms with E-state index in [0.717, 1.165) is 11.1 Å². The molecule has 0 atom stereocenters. The Morgan fingerprint density at radius 3 is 2.89 bits per heavy atom. The van der Waals surface area contributed by atoms with Crippen LogP contribution in [0.15, 0.2) is 36.5 Å². The Morgan fingerprint density at radius 1 is 1.42 bits per heavy atom. The van der Waals surface area contributed by atoms with Gasteiger partial charge in [-0.2, -0.15) is 0 Å². The molecule has 1 aromatic carbocycles. The molecule has 2 rings (SSSR count). The number of thiocarbonyl (C=S) groups is 1. The molecule has 3 nitrogen and oxygen atoms in total. The first-order valence-electron chi connectivity index (χ1n) is 5.70. The Labute approximate surface area is 116 Å². The monoisotopic (exact) mass is 276 g/mol. The fourth-order valence-electron chi connectivity index (χ4n) is 1.71. The molecule has 0 radical (unpaired) electrons. The van der Waals surface area contributed by atoms with E-state index in [1.54, 1.807) is 25.3 Å². The fourth-order valence-corrected chi connectivity index (χ4v) is 1.89. The quantitative estimate of drug-likeness (QED) is 0.872. The van der Waals surface area contributed by atoms with Crippen LogP contribution in [0.25, 0.3) is 0 Å². The van der Waals surface area contributed by atoms with Crippen molar-refractivity contribution in [3.05, 3.63) is 59.2 Å². The highest BCUT2D eigenvalue weighted by Gasteiger charge is 2.08. The summed E-state index contributed by atoms with van der Waals surface area (Å²) < 4.78 is 18.6. The maximum Gasteiger partial charge on any atom is 0.123 e. The molecule has 2 aromatic rings. The molecule has 0 spiro atoms. The van der Waals surface area contributed by atoms with Gasteiger partial charge in [0, 0.05) is 11.8 Å². The Balaban J connectivity index is 2.17. The Morgan fingerprint density at radius 2 is 2.21 bits per heavy atom. The van der Waals surface area contributed by atoms with Crippen molar-refractivity contribution in [2.45, 2.75) is 13.5 Å². The zero-order chi connectivity index (χ0) is 13.8. The molecule has 0 amide bonds. The predicted octanol–water partition coefficient (Wildman–Crippen LogP) is 2.74. The van der Waals surface area contributed by atoms with Gasteiger partial charge in [-0.3, -0.25) is 4.98 Å². The summed E-state index contributed by atoms with van der Waals surface area (Å²) in [6, 6.07) is 8.02. The van der Waals surface area contributed by atoms with Crippen molar-refractivity contribution in [1.82, 2.24) is 4.98 Å². The third kappa shape index (κ3) is 3.26. The molecule has 19 heavy (non-hydrogen) atoms. The summed E-state index contributed by atoms with van der Waals surface area (Å²) in [4.78, 5) is 4.35. The van der Waals surface area contributed by atoms with E-state index in [2.05, 4.69) is 4.98 Å². The minimum Gasteiger partial charge on any atom is -0.489 e. The van der Waals surface area contributed by atoms with E-state index in [1.165, 1.54) is 12.1 Å². The van der Waals surface area contributed by atoms with Gasteiger partial charge in [0.1, 0.15) is 28.9 Å². The van der Waals surface area contributed by atoms with E-state index in [1.807, 2.05) is 6.07 Å². The highest BCUT2D eigenvalue weighted by Crippen LogP contribution is 2.20. The van der Waals surface area contributed by atoms with Crippen molar-refractivity contribution in [1.29, 1.82) is 0 Å². The fraction of sp³-hybridized carbons (Fsp3) is 0.143. The molecule has 0 unspecified atom stereocenters. The lowest BCUT2D eigenvalue weighted by atomic mass is 10.2. The molecule has 0 bridgehead atoms. The minimum absolute atomic E-state index is 0.232. The molecule has 1 heterocycles. The lowest BCUT2D eigenvalue weighted by molar-refractivity contribution is 0.303. The highest BCUT2D eigenvalue weighted by molar-refractivity contribution is 7.80. The van der Waals surface area contributed by atoms with Crippen molar-refractivity contribution in [3.8, 4) is 5.75 Å². The van der Waals surface area contributed by atoms with E-state index in [9.17, 15) is 4.39 Å². The average Bonchev–Trinajstić information content (AvgIpc) is 2.38. The van der Waals surface area contributed by atoms with Crippen LogP contribution in [0.1, 0.15) is 16.8 Å². The zero-order valence-electron chi connectivity index (χ0n) is 10.4. The summed E-state index contributed by atoms with van der Waals surface area (Å²) in [5.41, 5.74) is 7.69. The summed E-state index contributed by atoms with van der Waals surface area (Å²) in [6.45, 7) is 2.07. The molecule has 2 N–H and O–H groups in total. The first kappa shape index (κ1) is 13.4. The molecule has 5 heteroatoms. The largest absolute Gasteiger partial charge is 0.489 e. The predicted molar refractivity (Wildman–Crippen MR) is 75.6 cm³/mol. The van der Waals surface area contributed by atoms with Crippen LogP contribution in [0.3, 0.4) is 0 Å². The van der Waals surface area contributed by atoms with Gasteiger partial charge in [0.25, 0.3) is 0 Å². The topological polar surface area (TPSA) is 48.1 Å². The zero-order valence-corrected chi connectivity index (χ0v) is 11.2. The van der Waals surface area contributed by atoms with Crippen LogP contribution in [0.2, 0.25) is 0 Å². The number of nitrogens with zero attached hydrogens (tertiary/aromatic N) is 1. The van der Waals surface area contributed by atoms with E-state index >= 15 is 0 Å². The second-order valence-corrected chi connectivity index (χ2v) is 4.51. The van der Waals surface area contributed by atoms with Crippen LogP contribution in [0.4, 0.5) is 4.39 Å². The van der Waals surface area contributed by atoms with Crippen LogP contribution < -0.4 is 10.5 Å². The molecule has 0 aliphatic rings. The van der Waals surface area contributed by atoms with E-state index in [4.69, 9.17) is 22.7 Å². The maximum absolute atomic E-state index is 13.0. The first-order chi connectivity index (χ1) is 9.08. The molecule has 0 aliphatic carbocycles. The van der Waals surface area contributed by atoms with Gasteiger partial charge in [-0.25, -0.2) is 4.39 Å². The third-order valence-corrected chi connectivity index (χ3v) is 2.84. The summed E-state index contributed by atoms with van der Waals surface area (Å²) in [5, 5.41) is 0. The number of nitrogens with two attached hydrogens (primary N) is 1. The molecular weight excluding hydrogens is 263 g/mol. The van der Waals surface area contributed by atoms with Crippen molar-refractivity contribution in [3.63, 3.8) is 0 Å². The van der Waals surface area contributed by atoms with Gasteiger partial charge in [0.05, 0.1) is 0 Å². The first-order valence-corrected chi connectivity index (χ1v) is 6.11. The van der Waals surface area contributed by atoms with Gasteiger partial charge < -0.3 is 10.5 Å². The lowest BCUT2D eigenvalue weighted by Gasteiger charge is -2.11. The van der Waals surface area contributed by atoms with Gasteiger partial charge in [-0.15, -0.1) is 0 Å². The number of hydrogen-bond donors (Lipinski definition) is 1. The Bertz CT molecular complexity index is 616. The van der Waals surface area contributed by atoms with Crippen molar-refractivity contribution in [2.75, 3.05) is 0 Å². The van der Waals surface area contributed by atoms with Crippen LogP contribution in [0.5, 0.6) is 5.75 Å². The summed E-state index contributed by atoms with van der Waals surface area (Å²) in [5.74, 6) is 0.342. The molecule has 1 aromatic heterocycles. The number of hydrogen-bond acceptors (Lipinski definition) is 3. The SMILES string of the molecule is Cc1cc(F)ccc1OCc1cccnc1C(N)=S. The van der Waals surface area contributed by atoms with Gasteiger partial charge in [0.2, 0.25) is 0 Å². The molecule has 0 aliphatic heterocycles. The van der Waals surface area contributed by atoms with Gasteiger partial charge in [-0.05, 0) is 36.8 Å². The average molecular weight is 276 g/mol. The van der Waals surface area contributed by atoms with Gasteiger partial charge in [-0.1, -0.05) is 18.3 Å². The van der Waals surface area contributed by atoms with Gasteiger partial charge >= 0.3 is 0 Å². The Hall–Kier alpha value is -2.01. The number of ether oxygens (including phenoxy) is 1. The van der Waals surface area contributed by atoms with Crippen molar-refractivity contribution >= 4 is 17.2 Å². The van der Waals surface area contributed by atoms with E-state index in [-0.39, 0.29) is 17.4 Å². The smallest absolute Gasteiger partial charge is 0.123 e. The molecule has 0 saturated carbocycles.